The molecule has 0 aliphatic carbocycles. The van der Waals surface area contributed by atoms with Crippen molar-refractivity contribution in [1.29, 1.82) is 0 Å². The third kappa shape index (κ3) is 3.24. The van der Waals surface area contributed by atoms with E-state index >= 15 is 0 Å². The van der Waals surface area contributed by atoms with Crippen molar-refractivity contribution in [3.05, 3.63) is 11.4 Å². The number of amides is 1. The van der Waals surface area contributed by atoms with Crippen LogP contribution >= 0.6 is 0 Å². The smallest absolute Gasteiger partial charge is 0.274 e. The van der Waals surface area contributed by atoms with E-state index in [2.05, 4.69) is 15.5 Å². The largest absolute Gasteiger partial charge is 0.395 e. The summed E-state index contributed by atoms with van der Waals surface area (Å²) < 4.78 is 0. The molecule has 0 saturated carbocycles. The van der Waals surface area contributed by atoms with Crippen LogP contribution in [0.3, 0.4) is 0 Å². The summed E-state index contributed by atoms with van der Waals surface area (Å²) in [5.74, 6) is -0.499. The highest BCUT2D eigenvalue weighted by Gasteiger charge is 2.30. The number of nitrogen functional groups attached to an aromatic ring is 1. The number of anilines is 1. The van der Waals surface area contributed by atoms with Gasteiger partial charge in [-0.2, -0.15) is 5.10 Å². The lowest BCUT2D eigenvalue weighted by molar-refractivity contribution is 0.0649. The van der Waals surface area contributed by atoms with E-state index in [0.29, 0.717) is 18.5 Å². The summed E-state index contributed by atoms with van der Waals surface area (Å²) in [7, 11) is 0. The molecule has 1 heterocycles. The molecule has 0 saturated heterocycles. The van der Waals surface area contributed by atoms with Crippen molar-refractivity contribution in [2.45, 2.75) is 38.6 Å². The molecule has 0 spiro atoms. The van der Waals surface area contributed by atoms with Gasteiger partial charge >= 0.3 is 0 Å². The van der Waals surface area contributed by atoms with Crippen LogP contribution in [0.1, 0.15) is 42.9 Å². The number of rotatable bonds is 7. The van der Waals surface area contributed by atoms with Gasteiger partial charge in [0.1, 0.15) is 0 Å². The fourth-order valence-electron chi connectivity index (χ4n) is 1.74. The minimum Gasteiger partial charge on any atom is -0.395 e. The fraction of sp³-hybridized carbons (Fsp3) is 0.667. The van der Waals surface area contributed by atoms with Crippen molar-refractivity contribution in [1.82, 2.24) is 15.5 Å². The summed E-state index contributed by atoms with van der Waals surface area (Å²) in [4.78, 5) is 12.1. The number of nitrogens with zero attached hydrogens (tertiary/aromatic N) is 1. The molecular formula is C12H22N4O3. The van der Waals surface area contributed by atoms with Crippen molar-refractivity contribution in [3.8, 4) is 0 Å². The van der Waals surface area contributed by atoms with E-state index in [1.165, 1.54) is 0 Å². The van der Waals surface area contributed by atoms with Gasteiger partial charge in [0.25, 0.3) is 5.91 Å². The third-order valence-corrected chi connectivity index (χ3v) is 3.26. The van der Waals surface area contributed by atoms with Crippen molar-refractivity contribution >= 4 is 11.6 Å². The second-order valence-electron chi connectivity index (χ2n) is 4.62. The van der Waals surface area contributed by atoms with Gasteiger partial charge < -0.3 is 21.3 Å². The van der Waals surface area contributed by atoms with Gasteiger partial charge in [0.2, 0.25) is 0 Å². The zero-order valence-corrected chi connectivity index (χ0v) is 11.4. The Morgan fingerprint density at radius 2 is 2.05 bits per heavy atom. The van der Waals surface area contributed by atoms with Crippen LogP contribution in [0.25, 0.3) is 0 Å². The molecule has 7 nitrogen and oxygen atoms in total. The molecule has 1 amide bonds. The number of aliphatic hydroxyl groups excluding tert-OH is 2. The number of aromatic amines is 1. The molecule has 0 atom stereocenters. The zero-order valence-electron chi connectivity index (χ0n) is 11.4. The molecule has 0 bridgehead atoms. The molecule has 7 heteroatoms. The van der Waals surface area contributed by atoms with E-state index in [1.807, 2.05) is 6.92 Å². The van der Waals surface area contributed by atoms with Crippen molar-refractivity contribution < 1.29 is 15.0 Å². The maximum absolute atomic E-state index is 12.1. The molecule has 0 fully saturated rings. The number of carbonyl (C=O) groups excluding carboxylic acids is 1. The molecule has 1 aromatic heterocycles. The highest BCUT2D eigenvalue weighted by Crippen LogP contribution is 2.17. The first-order chi connectivity index (χ1) is 9.03. The minimum atomic E-state index is -1.05. The van der Waals surface area contributed by atoms with Gasteiger partial charge in [-0.1, -0.05) is 20.3 Å². The molecule has 0 aliphatic heterocycles. The predicted octanol–water partition coefficient (Wildman–Crippen LogP) is -0.192. The monoisotopic (exact) mass is 270 g/mol. The Morgan fingerprint density at radius 3 is 2.53 bits per heavy atom. The summed E-state index contributed by atoms with van der Waals surface area (Å²) in [6.07, 6.45) is 2.00. The van der Waals surface area contributed by atoms with Crippen LogP contribution in [-0.4, -0.2) is 45.1 Å². The summed E-state index contributed by atoms with van der Waals surface area (Å²) in [5.41, 5.74) is 5.95. The average molecular weight is 270 g/mol. The number of carbonyl (C=O) groups is 1. The van der Waals surface area contributed by atoms with Crippen LogP contribution in [0.5, 0.6) is 0 Å². The summed E-state index contributed by atoms with van der Waals surface area (Å²) in [6, 6.07) is 0. The summed E-state index contributed by atoms with van der Waals surface area (Å²) in [6.45, 7) is 3.07. The molecule has 0 unspecified atom stereocenters. The molecule has 0 aromatic carbocycles. The Bertz CT molecular complexity index is 418. The highest BCUT2D eigenvalue weighted by atomic mass is 16.3. The van der Waals surface area contributed by atoms with E-state index < -0.39 is 11.4 Å². The van der Waals surface area contributed by atoms with Gasteiger partial charge in [0, 0.05) is 0 Å². The molecule has 0 aliphatic rings. The van der Waals surface area contributed by atoms with E-state index in [0.717, 1.165) is 12.1 Å². The van der Waals surface area contributed by atoms with Crippen LogP contribution in [0.15, 0.2) is 0 Å². The lowest BCUT2D eigenvalue weighted by atomic mass is 9.98. The number of aryl methyl sites for hydroxylation is 1. The molecule has 1 aromatic rings. The predicted molar refractivity (Wildman–Crippen MR) is 71.7 cm³/mol. The third-order valence-electron chi connectivity index (χ3n) is 3.26. The normalized spacial score (nSPS) is 11.6. The minimum absolute atomic E-state index is 0.100. The Labute approximate surface area is 112 Å². The Balaban J connectivity index is 2.89. The molecule has 1 rings (SSSR count). The topological polar surface area (TPSA) is 124 Å². The van der Waals surface area contributed by atoms with Gasteiger partial charge in [-0.15, -0.1) is 0 Å². The second-order valence-corrected chi connectivity index (χ2v) is 4.62. The van der Waals surface area contributed by atoms with Gasteiger partial charge in [0.15, 0.2) is 5.69 Å². The van der Waals surface area contributed by atoms with Crippen LogP contribution in [0, 0.1) is 0 Å². The van der Waals surface area contributed by atoms with Gasteiger partial charge in [0.05, 0.1) is 30.1 Å². The van der Waals surface area contributed by atoms with E-state index in [1.54, 1.807) is 6.92 Å². The van der Waals surface area contributed by atoms with Crippen LogP contribution in [0.2, 0.25) is 0 Å². The maximum atomic E-state index is 12.1. The quantitative estimate of drug-likeness (QED) is 0.469. The highest BCUT2D eigenvalue weighted by molar-refractivity contribution is 5.98. The van der Waals surface area contributed by atoms with Gasteiger partial charge in [-0.25, -0.2) is 0 Å². The van der Waals surface area contributed by atoms with Gasteiger partial charge in [-0.3, -0.25) is 9.89 Å². The maximum Gasteiger partial charge on any atom is 0.274 e. The molecule has 19 heavy (non-hydrogen) atoms. The van der Waals surface area contributed by atoms with Crippen LogP contribution in [-0.2, 0) is 6.42 Å². The standard InChI is InChI=1S/C12H22N4O3/c1-3-5-8-9(13)10(16-15-8)11(19)14-12(4-2,6-17)7-18/h17-18H,3-7,13H2,1-2H3,(H,14,19)(H,15,16). The number of H-pyrrole nitrogens is 1. The first kappa shape index (κ1) is 15.5. The Hall–Kier alpha value is -1.60. The van der Waals surface area contributed by atoms with Crippen molar-refractivity contribution in [3.63, 3.8) is 0 Å². The number of hydrogen-bond donors (Lipinski definition) is 5. The van der Waals surface area contributed by atoms with Crippen molar-refractivity contribution in [2.24, 2.45) is 0 Å². The zero-order chi connectivity index (χ0) is 14.5. The van der Waals surface area contributed by atoms with E-state index in [4.69, 9.17) is 5.73 Å². The number of nitrogens with one attached hydrogen (secondary N) is 2. The summed E-state index contributed by atoms with van der Waals surface area (Å²) >= 11 is 0. The molecule has 108 valence electrons. The molecule has 6 N–H and O–H groups in total. The van der Waals surface area contributed by atoms with E-state index in [9.17, 15) is 15.0 Å². The second kappa shape index (κ2) is 6.53. The first-order valence-electron chi connectivity index (χ1n) is 6.40. The number of nitrogens with two attached hydrogens (primary N) is 1. The van der Waals surface area contributed by atoms with Crippen molar-refractivity contribution in [2.75, 3.05) is 18.9 Å². The fourth-order valence-corrected chi connectivity index (χ4v) is 1.74. The lowest BCUT2D eigenvalue weighted by Gasteiger charge is -2.29. The number of aliphatic hydroxyl groups is 2. The van der Waals surface area contributed by atoms with E-state index in [-0.39, 0.29) is 18.9 Å². The Morgan fingerprint density at radius 1 is 1.42 bits per heavy atom. The lowest BCUT2D eigenvalue weighted by Crippen LogP contribution is -2.54. The van der Waals surface area contributed by atoms with Gasteiger partial charge in [-0.05, 0) is 12.8 Å². The Kier molecular flexibility index (Phi) is 5.31. The first-order valence-corrected chi connectivity index (χ1v) is 6.40. The molecular weight excluding hydrogens is 248 g/mol. The average Bonchev–Trinajstić information content (AvgIpc) is 2.78. The summed E-state index contributed by atoms with van der Waals surface area (Å²) in [5, 5.41) is 27.8. The van der Waals surface area contributed by atoms with Crippen LogP contribution in [0.4, 0.5) is 5.69 Å². The number of aromatic nitrogens is 2. The SMILES string of the molecule is CCCc1[nH]nc(C(=O)NC(CC)(CO)CO)c1N. The molecule has 0 radical (unpaired) electrons. The van der Waals surface area contributed by atoms with Crippen LogP contribution < -0.4 is 11.1 Å². The number of hydrogen-bond acceptors (Lipinski definition) is 5.